The largest absolute Gasteiger partial charge is 0.309 e. The van der Waals surface area contributed by atoms with Gasteiger partial charge in [-0.15, -0.1) is 11.3 Å². The number of nitrogens with one attached hydrogen (secondary N) is 1. The summed E-state index contributed by atoms with van der Waals surface area (Å²) in [6.45, 7) is 4.07. The second-order valence-electron chi connectivity index (χ2n) is 6.52. The van der Waals surface area contributed by atoms with Crippen molar-refractivity contribution < 1.29 is 0 Å². The predicted octanol–water partition coefficient (Wildman–Crippen LogP) is 4.03. The molecule has 5 heteroatoms. The van der Waals surface area contributed by atoms with Crippen molar-refractivity contribution in [1.82, 2.24) is 14.9 Å². The third kappa shape index (κ3) is 2.89. The number of rotatable bonds is 3. The number of likely N-dealkylation sites (tertiary alicyclic amines) is 1. The molecule has 0 amide bonds. The van der Waals surface area contributed by atoms with Crippen molar-refractivity contribution in [2.75, 3.05) is 6.54 Å². The van der Waals surface area contributed by atoms with E-state index >= 15 is 0 Å². The van der Waals surface area contributed by atoms with Crippen LogP contribution >= 0.6 is 11.3 Å². The van der Waals surface area contributed by atoms with Crippen LogP contribution in [0.5, 0.6) is 0 Å². The lowest BCUT2D eigenvalue weighted by atomic mass is 10.0. The number of aromatic amines is 1. The molecule has 0 spiro atoms. The Hall–Kier alpha value is -1.98. The Kier molecular flexibility index (Phi) is 4.21. The van der Waals surface area contributed by atoms with Gasteiger partial charge in [0.2, 0.25) is 0 Å². The Bertz CT molecular complexity index is 900. The highest BCUT2D eigenvalue weighted by molar-refractivity contribution is 7.17. The van der Waals surface area contributed by atoms with Crippen LogP contribution in [0.4, 0.5) is 0 Å². The van der Waals surface area contributed by atoms with Crippen LogP contribution in [0, 0.1) is 0 Å². The van der Waals surface area contributed by atoms with E-state index in [-0.39, 0.29) is 5.56 Å². The standard InChI is InChI=1S/C19H21N3OS/c1-13-7-5-6-10-22(13)11-16-20-18(23)17-15(12-24-19(17)21-16)14-8-3-2-4-9-14/h2-4,8-9,12-13H,5-7,10-11H2,1H3,(H,20,21,23)/t13-/m0/s1. The van der Waals surface area contributed by atoms with Gasteiger partial charge in [-0.25, -0.2) is 4.98 Å². The van der Waals surface area contributed by atoms with Crippen LogP contribution in [0.25, 0.3) is 21.3 Å². The smallest absolute Gasteiger partial charge is 0.260 e. The molecule has 0 bridgehead atoms. The van der Waals surface area contributed by atoms with Crippen molar-refractivity contribution in [2.24, 2.45) is 0 Å². The van der Waals surface area contributed by atoms with E-state index in [0.717, 1.165) is 34.9 Å². The molecule has 1 saturated heterocycles. The summed E-state index contributed by atoms with van der Waals surface area (Å²) >= 11 is 1.55. The van der Waals surface area contributed by atoms with E-state index in [2.05, 4.69) is 16.8 Å². The van der Waals surface area contributed by atoms with Crippen molar-refractivity contribution in [1.29, 1.82) is 0 Å². The highest BCUT2D eigenvalue weighted by Gasteiger charge is 2.20. The molecule has 4 nitrogen and oxygen atoms in total. The van der Waals surface area contributed by atoms with E-state index in [1.54, 1.807) is 11.3 Å². The number of benzene rings is 1. The Morgan fingerprint density at radius 1 is 1.29 bits per heavy atom. The molecule has 124 valence electrons. The molecule has 0 aliphatic carbocycles. The monoisotopic (exact) mass is 339 g/mol. The number of nitrogens with zero attached hydrogens (tertiary/aromatic N) is 2. The molecule has 3 aromatic rings. The lowest BCUT2D eigenvalue weighted by Gasteiger charge is -2.32. The third-order valence-electron chi connectivity index (χ3n) is 4.87. The quantitative estimate of drug-likeness (QED) is 0.784. The number of hydrogen-bond donors (Lipinski definition) is 1. The SMILES string of the molecule is C[C@H]1CCCCN1Cc1nc2scc(-c3ccccc3)c2c(=O)[nH]1. The van der Waals surface area contributed by atoms with Gasteiger partial charge in [0.1, 0.15) is 10.7 Å². The first-order valence-electron chi connectivity index (χ1n) is 8.52. The minimum absolute atomic E-state index is 0.0280. The summed E-state index contributed by atoms with van der Waals surface area (Å²) in [4.78, 5) is 23.7. The molecule has 3 heterocycles. The summed E-state index contributed by atoms with van der Waals surface area (Å²) in [5, 5.41) is 2.75. The number of fused-ring (bicyclic) bond motifs is 1. The van der Waals surface area contributed by atoms with Crippen molar-refractivity contribution in [3.8, 4) is 11.1 Å². The maximum absolute atomic E-state index is 12.7. The molecule has 1 aliphatic rings. The predicted molar refractivity (Wildman–Crippen MR) is 99.4 cm³/mol. The number of piperidine rings is 1. The average molecular weight is 339 g/mol. The Morgan fingerprint density at radius 3 is 2.92 bits per heavy atom. The molecule has 1 fully saturated rings. The van der Waals surface area contributed by atoms with Gasteiger partial charge in [-0.05, 0) is 31.9 Å². The van der Waals surface area contributed by atoms with Gasteiger partial charge < -0.3 is 4.98 Å². The summed E-state index contributed by atoms with van der Waals surface area (Å²) in [6, 6.07) is 10.6. The number of hydrogen-bond acceptors (Lipinski definition) is 4. The van der Waals surface area contributed by atoms with E-state index in [4.69, 9.17) is 4.98 Å². The first-order chi connectivity index (χ1) is 11.7. The van der Waals surface area contributed by atoms with Crippen molar-refractivity contribution in [3.63, 3.8) is 0 Å². The van der Waals surface area contributed by atoms with Crippen molar-refractivity contribution in [2.45, 2.75) is 38.8 Å². The lowest BCUT2D eigenvalue weighted by molar-refractivity contribution is 0.149. The molecule has 4 rings (SSSR count). The van der Waals surface area contributed by atoms with Gasteiger partial charge in [0.25, 0.3) is 5.56 Å². The van der Waals surface area contributed by atoms with Gasteiger partial charge in [0, 0.05) is 17.0 Å². The molecule has 1 aliphatic heterocycles. The Labute approximate surface area is 145 Å². The Balaban J connectivity index is 1.70. The molecular formula is C19H21N3OS. The fourth-order valence-corrected chi connectivity index (χ4v) is 4.45. The van der Waals surface area contributed by atoms with Crippen LogP contribution in [-0.2, 0) is 6.54 Å². The fourth-order valence-electron chi connectivity index (χ4n) is 3.48. The van der Waals surface area contributed by atoms with E-state index in [0.29, 0.717) is 11.4 Å². The minimum Gasteiger partial charge on any atom is -0.309 e. The molecule has 0 radical (unpaired) electrons. The van der Waals surface area contributed by atoms with Gasteiger partial charge in [-0.2, -0.15) is 0 Å². The second kappa shape index (κ2) is 6.49. The van der Waals surface area contributed by atoms with Crippen LogP contribution in [0.1, 0.15) is 32.0 Å². The summed E-state index contributed by atoms with van der Waals surface area (Å²) in [5.41, 5.74) is 2.01. The molecule has 0 unspecified atom stereocenters. The molecule has 24 heavy (non-hydrogen) atoms. The van der Waals surface area contributed by atoms with Gasteiger partial charge >= 0.3 is 0 Å². The van der Waals surface area contributed by atoms with Crippen LogP contribution in [0.2, 0.25) is 0 Å². The number of aromatic nitrogens is 2. The first kappa shape index (κ1) is 15.5. The summed E-state index contributed by atoms with van der Waals surface area (Å²) in [6.07, 6.45) is 3.75. The van der Waals surface area contributed by atoms with Crippen LogP contribution < -0.4 is 5.56 Å². The summed E-state index contributed by atoms with van der Waals surface area (Å²) < 4.78 is 0. The molecule has 1 N–H and O–H groups in total. The van der Waals surface area contributed by atoms with Gasteiger partial charge in [-0.3, -0.25) is 9.69 Å². The zero-order valence-corrected chi connectivity index (χ0v) is 14.6. The summed E-state index contributed by atoms with van der Waals surface area (Å²) in [5.74, 6) is 0.780. The molecular weight excluding hydrogens is 318 g/mol. The normalized spacial score (nSPS) is 19.0. The fraction of sp³-hybridized carbons (Fsp3) is 0.368. The molecule has 0 saturated carbocycles. The van der Waals surface area contributed by atoms with Crippen molar-refractivity contribution >= 4 is 21.6 Å². The summed E-state index contributed by atoms with van der Waals surface area (Å²) in [7, 11) is 0. The van der Waals surface area contributed by atoms with Crippen LogP contribution in [-0.4, -0.2) is 27.5 Å². The highest BCUT2D eigenvalue weighted by Crippen LogP contribution is 2.30. The van der Waals surface area contributed by atoms with Gasteiger partial charge in [-0.1, -0.05) is 36.8 Å². The number of H-pyrrole nitrogens is 1. The Morgan fingerprint density at radius 2 is 2.12 bits per heavy atom. The maximum Gasteiger partial charge on any atom is 0.260 e. The average Bonchev–Trinajstić information content (AvgIpc) is 3.02. The topological polar surface area (TPSA) is 49.0 Å². The second-order valence-corrected chi connectivity index (χ2v) is 7.38. The van der Waals surface area contributed by atoms with Crippen LogP contribution in [0.15, 0.2) is 40.5 Å². The highest BCUT2D eigenvalue weighted by atomic mass is 32.1. The van der Waals surface area contributed by atoms with Crippen molar-refractivity contribution in [3.05, 3.63) is 51.9 Å². The molecule has 1 atom stereocenters. The van der Waals surface area contributed by atoms with E-state index < -0.39 is 0 Å². The van der Waals surface area contributed by atoms with E-state index in [1.807, 2.05) is 35.7 Å². The minimum atomic E-state index is -0.0280. The zero-order valence-electron chi connectivity index (χ0n) is 13.8. The third-order valence-corrected chi connectivity index (χ3v) is 5.74. The van der Waals surface area contributed by atoms with E-state index in [1.165, 1.54) is 19.3 Å². The van der Waals surface area contributed by atoms with E-state index in [9.17, 15) is 4.79 Å². The molecule has 2 aromatic heterocycles. The zero-order chi connectivity index (χ0) is 16.5. The van der Waals surface area contributed by atoms with Crippen LogP contribution in [0.3, 0.4) is 0 Å². The lowest BCUT2D eigenvalue weighted by Crippen LogP contribution is -2.37. The van der Waals surface area contributed by atoms with Gasteiger partial charge in [0.05, 0.1) is 11.9 Å². The maximum atomic E-state index is 12.7. The molecule has 1 aromatic carbocycles. The number of thiophene rings is 1. The first-order valence-corrected chi connectivity index (χ1v) is 9.40. The van der Waals surface area contributed by atoms with Gasteiger partial charge in [0.15, 0.2) is 0 Å².